The van der Waals surface area contributed by atoms with Crippen molar-refractivity contribution in [2.45, 2.75) is 26.8 Å². The van der Waals surface area contributed by atoms with Crippen molar-refractivity contribution >= 4 is 12.4 Å². The summed E-state index contributed by atoms with van der Waals surface area (Å²) in [5, 5.41) is 3.37. The minimum atomic E-state index is 0. The van der Waals surface area contributed by atoms with Crippen LogP contribution in [0.2, 0.25) is 0 Å². The van der Waals surface area contributed by atoms with Crippen LogP contribution in [0, 0.1) is 5.92 Å². The van der Waals surface area contributed by atoms with Crippen LogP contribution < -0.4 is 10.1 Å². The van der Waals surface area contributed by atoms with Crippen LogP contribution in [0.4, 0.5) is 0 Å². The van der Waals surface area contributed by atoms with Crippen LogP contribution in [-0.4, -0.2) is 13.2 Å². The third-order valence-electron chi connectivity index (χ3n) is 2.65. The van der Waals surface area contributed by atoms with Crippen molar-refractivity contribution in [3.05, 3.63) is 29.3 Å². The highest BCUT2D eigenvalue weighted by atomic mass is 35.5. The molecule has 0 saturated heterocycles. The second-order valence-corrected chi connectivity index (χ2v) is 4.56. The van der Waals surface area contributed by atoms with Crippen molar-refractivity contribution in [3.8, 4) is 5.75 Å². The molecule has 0 spiro atoms. The first-order valence-electron chi connectivity index (χ1n) is 5.71. The minimum absolute atomic E-state index is 0. The van der Waals surface area contributed by atoms with E-state index in [1.807, 2.05) is 0 Å². The van der Waals surface area contributed by atoms with Gasteiger partial charge < -0.3 is 10.1 Å². The second kappa shape index (κ2) is 6.12. The van der Waals surface area contributed by atoms with Crippen molar-refractivity contribution < 1.29 is 4.74 Å². The van der Waals surface area contributed by atoms with E-state index < -0.39 is 0 Å². The fraction of sp³-hybridized carbons (Fsp3) is 0.538. The lowest BCUT2D eigenvalue weighted by Crippen LogP contribution is -2.23. The number of ether oxygens (including phenoxy) is 1. The van der Waals surface area contributed by atoms with Crippen molar-refractivity contribution in [2.24, 2.45) is 5.92 Å². The van der Waals surface area contributed by atoms with Gasteiger partial charge in [-0.25, -0.2) is 0 Å². The Hall–Kier alpha value is -0.730. The molecule has 1 aromatic carbocycles. The fourth-order valence-corrected chi connectivity index (χ4v) is 1.81. The highest BCUT2D eigenvalue weighted by Gasteiger charge is 2.09. The van der Waals surface area contributed by atoms with Crippen LogP contribution in [0.1, 0.15) is 25.0 Å². The topological polar surface area (TPSA) is 21.3 Å². The van der Waals surface area contributed by atoms with E-state index in [2.05, 4.69) is 37.4 Å². The predicted octanol–water partition coefficient (Wildman–Crippen LogP) is 2.79. The van der Waals surface area contributed by atoms with E-state index in [4.69, 9.17) is 4.74 Å². The molecule has 3 heteroatoms. The second-order valence-electron chi connectivity index (χ2n) is 4.56. The number of rotatable bonds is 3. The van der Waals surface area contributed by atoms with Crippen LogP contribution in [-0.2, 0) is 13.0 Å². The molecule has 1 aliphatic rings. The van der Waals surface area contributed by atoms with Crippen LogP contribution in [0.3, 0.4) is 0 Å². The van der Waals surface area contributed by atoms with Crippen molar-refractivity contribution in [1.29, 1.82) is 0 Å². The van der Waals surface area contributed by atoms with Gasteiger partial charge in [0.1, 0.15) is 5.75 Å². The molecule has 0 atom stereocenters. The lowest BCUT2D eigenvalue weighted by atomic mass is 10.0. The Morgan fingerprint density at radius 1 is 1.31 bits per heavy atom. The van der Waals surface area contributed by atoms with E-state index >= 15 is 0 Å². The molecular formula is C13H20ClNO. The van der Waals surface area contributed by atoms with Crippen LogP contribution in [0.5, 0.6) is 5.75 Å². The fourth-order valence-electron chi connectivity index (χ4n) is 1.81. The molecule has 1 N–H and O–H groups in total. The smallest absolute Gasteiger partial charge is 0.119 e. The Morgan fingerprint density at radius 2 is 2.12 bits per heavy atom. The summed E-state index contributed by atoms with van der Waals surface area (Å²) in [6, 6.07) is 6.45. The number of hydrogen-bond donors (Lipinski definition) is 1. The molecule has 1 heterocycles. The third-order valence-corrected chi connectivity index (χ3v) is 2.65. The van der Waals surface area contributed by atoms with E-state index in [0.29, 0.717) is 5.92 Å². The highest BCUT2D eigenvalue weighted by Crippen LogP contribution is 2.20. The molecule has 0 bridgehead atoms. The molecule has 1 aliphatic heterocycles. The van der Waals surface area contributed by atoms with E-state index in [1.54, 1.807) is 0 Å². The lowest BCUT2D eigenvalue weighted by Gasteiger charge is -2.18. The van der Waals surface area contributed by atoms with Gasteiger partial charge >= 0.3 is 0 Å². The van der Waals surface area contributed by atoms with E-state index in [0.717, 1.165) is 31.9 Å². The summed E-state index contributed by atoms with van der Waals surface area (Å²) in [4.78, 5) is 0. The standard InChI is InChI=1S/C13H19NO.ClH/c1-10(2)9-15-13-4-3-12-8-14-6-5-11(12)7-13;/h3-4,7,10,14H,5-6,8-9H2,1-2H3;1H. The van der Waals surface area contributed by atoms with E-state index in [9.17, 15) is 0 Å². The summed E-state index contributed by atoms with van der Waals surface area (Å²) in [7, 11) is 0. The predicted molar refractivity (Wildman–Crippen MR) is 69.4 cm³/mol. The first kappa shape index (κ1) is 13.3. The summed E-state index contributed by atoms with van der Waals surface area (Å²) in [5.41, 5.74) is 2.85. The molecule has 0 fully saturated rings. The Kier molecular flexibility index (Phi) is 5.10. The molecule has 0 aliphatic carbocycles. The first-order valence-corrected chi connectivity index (χ1v) is 5.71. The third kappa shape index (κ3) is 3.39. The van der Waals surface area contributed by atoms with Crippen molar-refractivity contribution in [3.63, 3.8) is 0 Å². The zero-order chi connectivity index (χ0) is 10.7. The van der Waals surface area contributed by atoms with Gasteiger partial charge in [-0.15, -0.1) is 12.4 Å². The number of nitrogens with one attached hydrogen (secondary N) is 1. The van der Waals surface area contributed by atoms with Crippen LogP contribution >= 0.6 is 12.4 Å². The Balaban J connectivity index is 0.00000128. The van der Waals surface area contributed by atoms with Gasteiger partial charge in [0.2, 0.25) is 0 Å². The maximum Gasteiger partial charge on any atom is 0.119 e. The van der Waals surface area contributed by atoms with Gasteiger partial charge in [-0.2, -0.15) is 0 Å². The number of benzene rings is 1. The molecule has 90 valence electrons. The summed E-state index contributed by atoms with van der Waals surface area (Å²) >= 11 is 0. The number of halogens is 1. The SMILES string of the molecule is CC(C)COc1ccc2c(c1)CCNC2.Cl. The summed E-state index contributed by atoms with van der Waals surface area (Å²) in [6.45, 7) is 7.22. The van der Waals surface area contributed by atoms with Gasteiger partial charge in [-0.3, -0.25) is 0 Å². The molecule has 0 aromatic heterocycles. The van der Waals surface area contributed by atoms with Crippen molar-refractivity contribution in [2.75, 3.05) is 13.2 Å². The number of hydrogen-bond acceptors (Lipinski definition) is 2. The summed E-state index contributed by atoms with van der Waals surface area (Å²) in [5.74, 6) is 1.60. The molecule has 0 unspecified atom stereocenters. The molecule has 0 radical (unpaired) electrons. The average Bonchev–Trinajstić information content (AvgIpc) is 2.26. The van der Waals surface area contributed by atoms with Crippen LogP contribution in [0.25, 0.3) is 0 Å². The van der Waals surface area contributed by atoms with E-state index in [1.165, 1.54) is 11.1 Å². The Morgan fingerprint density at radius 3 is 2.88 bits per heavy atom. The van der Waals surface area contributed by atoms with Gasteiger partial charge in [0.15, 0.2) is 0 Å². The largest absolute Gasteiger partial charge is 0.493 e. The summed E-state index contributed by atoms with van der Waals surface area (Å²) in [6.07, 6.45) is 1.12. The zero-order valence-electron chi connectivity index (χ0n) is 9.95. The minimum Gasteiger partial charge on any atom is -0.493 e. The van der Waals surface area contributed by atoms with Gasteiger partial charge in [0, 0.05) is 6.54 Å². The molecule has 16 heavy (non-hydrogen) atoms. The maximum absolute atomic E-state index is 5.71. The van der Waals surface area contributed by atoms with Crippen molar-refractivity contribution in [1.82, 2.24) is 5.32 Å². The van der Waals surface area contributed by atoms with E-state index in [-0.39, 0.29) is 12.4 Å². The van der Waals surface area contributed by atoms with Gasteiger partial charge in [-0.1, -0.05) is 19.9 Å². The average molecular weight is 242 g/mol. The molecular weight excluding hydrogens is 222 g/mol. The lowest BCUT2D eigenvalue weighted by molar-refractivity contribution is 0.270. The Labute approximate surface area is 104 Å². The normalized spacial score (nSPS) is 14.2. The molecule has 0 amide bonds. The molecule has 2 nitrogen and oxygen atoms in total. The summed E-state index contributed by atoms with van der Waals surface area (Å²) < 4.78 is 5.71. The van der Waals surface area contributed by atoms with Gasteiger partial charge in [0.05, 0.1) is 6.61 Å². The van der Waals surface area contributed by atoms with Gasteiger partial charge in [-0.05, 0) is 42.1 Å². The van der Waals surface area contributed by atoms with Crippen LogP contribution in [0.15, 0.2) is 18.2 Å². The Bertz CT molecular complexity index is 339. The first-order chi connectivity index (χ1) is 7.25. The van der Waals surface area contributed by atoms with Gasteiger partial charge in [0.25, 0.3) is 0 Å². The maximum atomic E-state index is 5.71. The molecule has 2 rings (SSSR count). The monoisotopic (exact) mass is 241 g/mol. The molecule has 0 saturated carbocycles. The quantitative estimate of drug-likeness (QED) is 0.879. The number of fused-ring (bicyclic) bond motifs is 1. The highest BCUT2D eigenvalue weighted by molar-refractivity contribution is 5.85. The zero-order valence-corrected chi connectivity index (χ0v) is 10.8. The molecule has 1 aromatic rings.